The third-order valence-corrected chi connectivity index (χ3v) is 5.19. The quantitative estimate of drug-likeness (QED) is 0.591. The van der Waals surface area contributed by atoms with Crippen LogP contribution in [-0.2, 0) is 4.79 Å². The van der Waals surface area contributed by atoms with E-state index in [4.69, 9.17) is 0 Å². The largest absolute Gasteiger partial charge is 0.338 e. The van der Waals surface area contributed by atoms with Crippen LogP contribution >= 0.6 is 11.8 Å². The van der Waals surface area contributed by atoms with Crippen LogP contribution in [0.3, 0.4) is 0 Å². The molecule has 0 saturated carbocycles. The molecule has 1 aromatic heterocycles. The van der Waals surface area contributed by atoms with Gasteiger partial charge in [0.05, 0.1) is 5.75 Å². The van der Waals surface area contributed by atoms with Crippen LogP contribution in [0, 0.1) is 5.82 Å². The summed E-state index contributed by atoms with van der Waals surface area (Å²) >= 11 is 1.15. The second-order valence-corrected chi connectivity index (χ2v) is 6.92. The molecule has 136 valence electrons. The molecule has 6 nitrogen and oxygen atoms in total. The molecule has 3 rings (SSSR count). The summed E-state index contributed by atoms with van der Waals surface area (Å²) in [4.78, 5) is 36.3. The van der Waals surface area contributed by atoms with Crippen molar-refractivity contribution in [3.05, 3.63) is 48.0 Å². The number of carbonyl (C=O) groups excluding carboxylic acids is 2. The third-order valence-electron chi connectivity index (χ3n) is 4.16. The summed E-state index contributed by atoms with van der Waals surface area (Å²) in [6, 6.07) is 6.11. The summed E-state index contributed by atoms with van der Waals surface area (Å²) in [6.45, 7) is 3.90. The smallest absolute Gasteiger partial charge is 0.233 e. The van der Waals surface area contributed by atoms with Gasteiger partial charge in [0, 0.05) is 49.0 Å². The number of anilines is 1. The van der Waals surface area contributed by atoms with E-state index in [0.29, 0.717) is 42.6 Å². The molecule has 0 atom stereocenters. The molecule has 0 unspecified atom stereocenters. The summed E-state index contributed by atoms with van der Waals surface area (Å²) in [5, 5.41) is 0. The Hall–Kier alpha value is -2.48. The van der Waals surface area contributed by atoms with E-state index in [-0.39, 0.29) is 17.4 Å². The SMILES string of the molecule is CC(=O)c1ccc(SCC(=O)N2CCN(c3ncccn3)CC2)c(F)c1. The van der Waals surface area contributed by atoms with Gasteiger partial charge in [-0.1, -0.05) is 6.07 Å². The molecule has 0 N–H and O–H groups in total. The molecule has 2 aromatic rings. The zero-order valence-electron chi connectivity index (χ0n) is 14.4. The van der Waals surface area contributed by atoms with Crippen molar-refractivity contribution < 1.29 is 14.0 Å². The van der Waals surface area contributed by atoms with E-state index >= 15 is 0 Å². The van der Waals surface area contributed by atoms with E-state index in [0.717, 1.165) is 11.8 Å². The van der Waals surface area contributed by atoms with Crippen LogP contribution < -0.4 is 4.90 Å². The Labute approximate surface area is 155 Å². The molecule has 0 spiro atoms. The van der Waals surface area contributed by atoms with Crippen LogP contribution in [0.4, 0.5) is 10.3 Å². The van der Waals surface area contributed by atoms with Gasteiger partial charge in [-0.05, 0) is 25.1 Å². The molecule has 1 aromatic carbocycles. The standard InChI is InChI=1S/C18H19FN4O2S/c1-13(24)14-3-4-16(15(19)11-14)26-12-17(25)22-7-9-23(10-8-22)18-20-5-2-6-21-18/h2-6,11H,7-10,12H2,1H3. The van der Waals surface area contributed by atoms with Gasteiger partial charge in [0.2, 0.25) is 11.9 Å². The number of piperazine rings is 1. The van der Waals surface area contributed by atoms with Crippen molar-refractivity contribution in [2.45, 2.75) is 11.8 Å². The molecule has 1 saturated heterocycles. The van der Waals surface area contributed by atoms with Crippen molar-refractivity contribution in [1.82, 2.24) is 14.9 Å². The average Bonchev–Trinajstić information content (AvgIpc) is 2.67. The van der Waals surface area contributed by atoms with Crippen LogP contribution in [0.25, 0.3) is 0 Å². The fourth-order valence-electron chi connectivity index (χ4n) is 2.68. The van der Waals surface area contributed by atoms with Crippen LogP contribution in [0.1, 0.15) is 17.3 Å². The highest BCUT2D eigenvalue weighted by Gasteiger charge is 2.22. The number of halogens is 1. The molecular weight excluding hydrogens is 355 g/mol. The number of benzene rings is 1. The molecule has 26 heavy (non-hydrogen) atoms. The fourth-order valence-corrected chi connectivity index (χ4v) is 3.50. The summed E-state index contributed by atoms with van der Waals surface area (Å²) in [5.74, 6) is 0.150. The second kappa shape index (κ2) is 8.27. The van der Waals surface area contributed by atoms with E-state index < -0.39 is 5.82 Å². The minimum atomic E-state index is -0.471. The highest BCUT2D eigenvalue weighted by Crippen LogP contribution is 2.23. The Balaban J connectivity index is 1.51. The monoisotopic (exact) mass is 374 g/mol. The van der Waals surface area contributed by atoms with Crippen molar-refractivity contribution in [3.8, 4) is 0 Å². The van der Waals surface area contributed by atoms with Crippen molar-refractivity contribution in [2.24, 2.45) is 0 Å². The predicted octanol–water partition coefficient (Wildman–Crippen LogP) is 2.26. The predicted molar refractivity (Wildman–Crippen MR) is 98.0 cm³/mol. The highest BCUT2D eigenvalue weighted by molar-refractivity contribution is 8.00. The van der Waals surface area contributed by atoms with E-state index in [9.17, 15) is 14.0 Å². The Morgan fingerprint density at radius 3 is 2.46 bits per heavy atom. The molecule has 8 heteroatoms. The lowest BCUT2D eigenvalue weighted by Gasteiger charge is -2.34. The summed E-state index contributed by atoms with van der Waals surface area (Å²) in [7, 11) is 0. The minimum absolute atomic E-state index is 0.0290. The molecule has 1 aliphatic rings. The van der Waals surface area contributed by atoms with Crippen LogP contribution in [0.2, 0.25) is 0 Å². The van der Waals surface area contributed by atoms with Gasteiger partial charge < -0.3 is 9.80 Å². The maximum absolute atomic E-state index is 14.0. The lowest BCUT2D eigenvalue weighted by atomic mass is 10.1. The van der Waals surface area contributed by atoms with Gasteiger partial charge in [0.15, 0.2) is 5.78 Å². The first-order valence-electron chi connectivity index (χ1n) is 8.27. The first-order chi connectivity index (χ1) is 12.5. The molecule has 1 fully saturated rings. The van der Waals surface area contributed by atoms with Gasteiger partial charge in [0.25, 0.3) is 0 Å². The van der Waals surface area contributed by atoms with Crippen LogP contribution in [0.5, 0.6) is 0 Å². The van der Waals surface area contributed by atoms with Crippen molar-refractivity contribution >= 4 is 29.4 Å². The molecule has 0 radical (unpaired) electrons. The first kappa shape index (κ1) is 18.3. The average molecular weight is 374 g/mol. The number of ketones is 1. The fraction of sp³-hybridized carbons (Fsp3) is 0.333. The zero-order valence-corrected chi connectivity index (χ0v) is 15.2. The summed E-state index contributed by atoms with van der Waals surface area (Å²) in [5.41, 5.74) is 0.331. The van der Waals surface area contributed by atoms with Crippen LogP contribution in [-0.4, -0.2) is 58.5 Å². The zero-order chi connectivity index (χ0) is 18.5. The van der Waals surface area contributed by atoms with E-state index in [1.807, 2.05) is 4.90 Å². The maximum Gasteiger partial charge on any atom is 0.233 e. The van der Waals surface area contributed by atoms with Gasteiger partial charge in [-0.3, -0.25) is 9.59 Å². The van der Waals surface area contributed by atoms with Gasteiger partial charge in [-0.2, -0.15) is 0 Å². The van der Waals surface area contributed by atoms with Crippen molar-refractivity contribution in [3.63, 3.8) is 0 Å². The molecular formula is C18H19FN4O2S. The second-order valence-electron chi connectivity index (χ2n) is 5.91. The van der Waals surface area contributed by atoms with Gasteiger partial charge in [0.1, 0.15) is 5.82 Å². The number of Topliss-reactive ketones (excluding diaryl/α,β-unsaturated/α-hetero) is 1. The summed E-state index contributed by atoms with van der Waals surface area (Å²) < 4.78 is 14.0. The lowest BCUT2D eigenvalue weighted by molar-refractivity contribution is -0.128. The number of nitrogens with zero attached hydrogens (tertiary/aromatic N) is 4. The lowest BCUT2D eigenvalue weighted by Crippen LogP contribution is -2.49. The van der Waals surface area contributed by atoms with Crippen LogP contribution in [0.15, 0.2) is 41.6 Å². The Kier molecular flexibility index (Phi) is 5.82. The Morgan fingerprint density at radius 2 is 1.85 bits per heavy atom. The molecule has 0 bridgehead atoms. The molecule has 0 aliphatic carbocycles. The van der Waals surface area contributed by atoms with Gasteiger partial charge in [-0.15, -0.1) is 11.8 Å². The molecule has 2 heterocycles. The number of aromatic nitrogens is 2. The number of amides is 1. The number of hydrogen-bond acceptors (Lipinski definition) is 6. The number of rotatable bonds is 5. The normalized spacial score (nSPS) is 14.4. The Bertz CT molecular complexity index is 795. The number of hydrogen-bond donors (Lipinski definition) is 0. The maximum atomic E-state index is 14.0. The summed E-state index contributed by atoms with van der Waals surface area (Å²) in [6.07, 6.45) is 3.39. The third kappa shape index (κ3) is 4.37. The number of thioether (sulfide) groups is 1. The van der Waals surface area contributed by atoms with Gasteiger partial charge in [-0.25, -0.2) is 14.4 Å². The van der Waals surface area contributed by atoms with E-state index in [1.165, 1.54) is 13.0 Å². The van der Waals surface area contributed by atoms with E-state index in [2.05, 4.69) is 9.97 Å². The molecule has 1 aliphatic heterocycles. The van der Waals surface area contributed by atoms with Gasteiger partial charge >= 0.3 is 0 Å². The Morgan fingerprint density at radius 1 is 1.15 bits per heavy atom. The minimum Gasteiger partial charge on any atom is -0.338 e. The highest BCUT2D eigenvalue weighted by atomic mass is 32.2. The first-order valence-corrected chi connectivity index (χ1v) is 9.26. The topological polar surface area (TPSA) is 66.4 Å². The van der Waals surface area contributed by atoms with E-state index in [1.54, 1.807) is 35.5 Å². The molecule has 1 amide bonds. The number of carbonyl (C=O) groups is 2. The van der Waals surface area contributed by atoms with Crippen molar-refractivity contribution in [2.75, 3.05) is 36.8 Å². The van der Waals surface area contributed by atoms with Crippen molar-refractivity contribution in [1.29, 1.82) is 0 Å².